The molecular formula is C18H32N6O3S. The van der Waals surface area contributed by atoms with Gasteiger partial charge in [0.05, 0.1) is 19.0 Å². The Morgan fingerprint density at radius 1 is 1.18 bits per heavy atom. The van der Waals surface area contributed by atoms with E-state index in [1.165, 1.54) is 0 Å². The number of pyridine rings is 1. The van der Waals surface area contributed by atoms with E-state index in [-0.39, 0.29) is 5.75 Å². The first-order valence-corrected chi connectivity index (χ1v) is 11.4. The molecule has 158 valence electrons. The first-order chi connectivity index (χ1) is 13.6. The minimum absolute atomic E-state index is 0.172. The number of hydrogen-bond acceptors (Lipinski definition) is 6. The van der Waals surface area contributed by atoms with Gasteiger partial charge in [-0.25, -0.2) is 13.1 Å². The molecule has 1 aliphatic rings. The smallest absolute Gasteiger partial charge is 0.211 e. The zero-order valence-corrected chi connectivity index (χ0v) is 17.2. The van der Waals surface area contributed by atoms with Gasteiger partial charge < -0.3 is 15.8 Å². The second-order valence-corrected chi connectivity index (χ2v) is 8.64. The lowest BCUT2D eigenvalue weighted by Crippen LogP contribution is -2.41. The Bertz CT molecular complexity index is 678. The molecule has 1 aromatic rings. The molecule has 0 unspecified atom stereocenters. The molecule has 10 heteroatoms. The monoisotopic (exact) mass is 412 g/mol. The van der Waals surface area contributed by atoms with Gasteiger partial charge in [0, 0.05) is 50.8 Å². The van der Waals surface area contributed by atoms with E-state index in [4.69, 9.17) is 10.5 Å². The lowest BCUT2D eigenvalue weighted by molar-refractivity contribution is 0.0390. The third-order valence-corrected chi connectivity index (χ3v) is 5.88. The summed E-state index contributed by atoms with van der Waals surface area (Å²) in [5.41, 5.74) is 6.67. The van der Waals surface area contributed by atoms with Crippen molar-refractivity contribution in [2.45, 2.75) is 25.7 Å². The van der Waals surface area contributed by atoms with E-state index in [1.54, 1.807) is 12.4 Å². The fourth-order valence-electron chi connectivity index (χ4n) is 2.84. The average molecular weight is 413 g/mol. The van der Waals surface area contributed by atoms with Gasteiger partial charge in [-0.15, -0.1) is 0 Å². The highest BCUT2D eigenvalue weighted by molar-refractivity contribution is 7.89. The molecule has 2 heterocycles. The summed E-state index contributed by atoms with van der Waals surface area (Å²) in [4.78, 5) is 10.4. The van der Waals surface area contributed by atoms with Gasteiger partial charge in [-0.05, 0) is 25.0 Å². The third-order valence-electron chi connectivity index (χ3n) is 4.41. The molecule has 0 spiro atoms. The molecule has 0 aromatic carbocycles. The lowest BCUT2D eigenvalue weighted by Gasteiger charge is -2.26. The number of nitrogens with zero attached hydrogens (tertiary/aromatic N) is 3. The Hall–Kier alpha value is -1.75. The number of nitrogens with one attached hydrogen (secondary N) is 2. The van der Waals surface area contributed by atoms with Crippen LogP contribution in [-0.2, 0) is 14.8 Å². The van der Waals surface area contributed by atoms with Crippen molar-refractivity contribution in [3.05, 3.63) is 24.5 Å². The van der Waals surface area contributed by atoms with Crippen LogP contribution in [0.4, 0.5) is 5.69 Å². The Balaban J connectivity index is 1.49. The molecule has 4 N–H and O–H groups in total. The Morgan fingerprint density at radius 2 is 1.89 bits per heavy atom. The molecule has 1 fully saturated rings. The van der Waals surface area contributed by atoms with Crippen LogP contribution in [0.3, 0.4) is 0 Å². The summed E-state index contributed by atoms with van der Waals surface area (Å²) < 4.78 is 32.0. The van der Waals surface area contributed by atoms with Crippen LogP contribution < -0.4 is 15.8 Å². The molecule has 1 aromatic heterocycles. The van der Waals surface area contributed by atoms with Crippen LogP contribution in [0.1, 0.15) is 25.7 Å². The number of aromatic nitrogens is 1. The number of ether oxygens (including phenoxy) is 1. The molecule has 0 amide bonds. The maximum atomic E-state index is 12.0. The van der Waals surface area contributed by atoms with Crippen molar-refractivity contribution >= 4 is 21.7 Å². The van der Waals surface area contributed by atoms with Gasteiger partial charge in [-0.3, -0.25) is 14.9 Å². The SMILES string of the molecule is NC(=NCCCCCCS(=O)(=O)NCCN1CCOCC1)Nc1ccncc1. The molecule has 1 aliphatic heterocycles. The molecule has 0 saturated carbocycles. The van der Waals surface area contributed by atoms with Gasteiger partial charge in [-0.2, -0.15) is 0 Å². The number of aliphatic imine (C=N–C) groups is 1. The molecule has 0 atom stereocenters. The molecule has 0 radical (unpaired) electrons. The number of anilines is 1. The summed E-state index contributed by atoms with van der Waals surface area (Å²) in [5.74, 6) is 0.545. The fourth-order valence-corrected chi connectivity index (χ4v) is 3.97. The molecule has 0 aliphatic carbocycles. The van der Waals surface area contributed by atoms with Crippen LogP contribution in [-0.4, -0.2) is 76.0 Å². The van der Waals surface area contributed by atoms with E-state index < -0.39 is 10.0 Å². The topological polar surface area (TPSA) is 122 Å². The maximum absolute atomic E-state index is 12.0. The van der Waals surface area contributed by atoms with Gasteiger partial charge in [0.2, 0.25) is 10.0 Å². The normalized spacial score (nSPS) is 16.2. The van der Waals surface area contributed by atoms with Crippen molar-refractivity contribution in [2.75, 3.05) is 57.0 Å². The first kappa shape index (κ1) is 22.5. The Labute approximate surface area is 167 Å². The third kappa shape index (κ3) is 9.98. The zero-order chi connectivity index (χ0) is 20.1. The van der Waals surface area contributed by atoms with Crippen molar-refractivity contribution in [3.8, 4) is 0 Å². The summed E-state index contributed by atoms with van der Waals surface area (Å²) in [6, 6.07) is 3.63. The molecule has 28 heavy (non-hydrogen) atoms. The summed E-state index contributed by atoms with van der Waals surface area (Å²) in [7, 11) is -3.19. The van der Waals surface area contributed by atoms with Crippen molar-refractivity contribution in [2.24, 2.45) is 10.7 Å². The van der Waals surface area contributed by atoms with Crippen molar-refractivity contribution in [1.29, 1.82) is 0 Å². The summed E-state index contributed by atoms with van der Waals surface area (Å²) in [6.07, 6.45) is 6.68. The molecule has 2 rings (SSSR count). The van der Waals surface area contributed by atoms with E-state index in [1.807, 2.05) is 12.1 Å². The van der Waals surface area contributed by atoms with E-state index in [0.717, 1.165) is 57.8 Å². The quantitative estimate of drug-likeness (QED) is 0.261. The highest BCUT2D eigenvalue weighted by atomic mass is 32.2. The summed E-state index contributed by atoms with van der Waals surface area (Å²) in [6.45, 7) is 4.99. The van der Waals surface area contributed by atoms with Crippen LogP contribution >= 0.6 is 0 Å². The van der Waals surface area contributed by atoms with Crippen LogP contribution in [0, 0.1) is 0 Å². The lowest BCUT2D eigenvalue weighted by atomic mass is 10.2. The second kappa shape index (κ2) is 12.7. The maximum Gasteiger partial charge on any atom is 0.211 e. The first-order valence-electron chi connectivity index (χ1n) is 9.79. The summed E-state index contributed by atoms with van der Waals surface area (Å²) >= 11 is 0. The molecular weight excluding hydrogens is 380 g/mol. The number of nitrogens with two attached hydrogens (primary N) is 1. The number of unbranched alkanes of at least 4 members (excludes halogenated alkanes) is 3. The fraction of sp³-hybridized carbons (Fsp3) is 0.667. The Kier molecular flexibility index (Phi) is 10.2. The predicted octanol–water partition coefficient (Wildman–Crippen LogP) is 0.620. The van der Waals surface area contributed by atoms with E-state index in [2.05, 4.69) is 24.9 Å². The highest BCUT2D eigenvalue weighted by Gasteiger charge is 2.13. The van der Waals surface area contributed by atoms with E-state index in [9.17, 15) is 8.42 Å². The largest absolute Gasteiger partial charge is 0.379 e. The number of sulfonamides is 1. The van der Waals surface area contributed by atoms with Crippen molar-refractivity contribution in [3.63, 3.8) is 0 Å². The number of hydrogen-bond donors (Lipinski definition) is 3. The van der Waals surface area contributed by atoms with Crippen molar-refractivity contribution in [1.82, 2.24) is 14.6 Å². The van der Waals surface area contributed by atoms with Gasteiger partial charge in [-0.1, -0.05) is 12.8 Å². The predicted molar refractivity (Wildman–Crippen MR) is 112 cm³/mol. The van der Waals surface area contributed by atoms with Crippen LogP contribution in [0.25, 0.3) is 0 Å². The molecule has 0 bridgehead atoms. The second-order valence-electron chi connectivity index (χ2n) is 6.71. The van der Waals surface area contributed by atoms with Crippen LogP contribution in [0.5, 0.6) is 0 Å². The zero-order valence-electron chi connectivity index (χ0n) is 16.3. The van der Waals surface area contributed by atoms with Gasteiger partial charge >= 0.3 is 0 Å². The number of guanidine groups is 1. The highest BCUT2D eigenvalue weighted by Crippen LogP contribution is 2.04. The molecule has 1 saturated heterocycles. The number of morpholine rings is 1. The minimum Gasteiger partial charge on any atom is -0.379 e. The minimum atomic E-state index is -3.19. The van der Waals surface area contributed by atoms with Crippen LogP contribution in [0.15, 0.2) is 29.5 Å². The van der Waals surface area contributed by atoms with Crippen LogP contribution in [0.2, 0.25) is 0 Å². The number of rotatable bonds is 12. The van der Waals surface area contributed by atoms with Gasteiger partial charge in [0.15, 0.2) is 5.96 Å². The van der Waals surface area contributed by atoms with E-state index in [0.29, 0.717) is 25.5 Å². The summed E-state index contributed by atoms with van der Waals surface area (Å²) in [5, 5.41) is 3.00. The van der Waals surface area contributed by atoms with Gasteiger partial charge in [0.1, 0.15) is 0 Å². The Morgan fingerprint density at radius 3 is 2.64 bits per heavy atom. The molecule has 9 nitrogen and oxygen atoms in total. The van der Waals surface area contributed by atoms with Crippen molar-refractivity contribution < 1.29 is 13.2 Å². The van der Waals surface area contributed by atoms with E-state index >= 15 is 0 Å². The van der Waals surface area contributed by atoms with Gasteiger partial charge in [0.25, 0.3) is 0 Å². The average Bonchev–Trinajstić information content (AvgIpc) is 2.68. The standard InChI is InChI=1S/C18H32N6O3S/c19-18(23-17-5-8-20-9-6-17)21-7-3-1-2-4-16-28(25,26)22-10-11-24-12-14-27-15-13-24/h5-6,8-9,22H,1-4,7,10-16H2,(H3,19,20,21,23).